The Kier molecular flexibility index (Phi) is 3.76. The summed E-state index contributed by atoms with van der Waals surface area (Å²) >= 11 is 3.87. The number of hydrogen-bond acceptors (Lipinski definition) is 1. The lowest BCUT2D eigenvalue weighted by atomic mass is 9.90. The summed E-state index contributed by atoms with van der Waals surface area (Å²) in [6.07, 6.45) is 0. The van der Waals surface area contributed by atoms with E-state index in [1.54, 1.807) is 0 Å². The number of furan rings is 1. The maximum Gasteiger partial charge on any atom is 0.136 e. The highest BCUT2D eigenvalue weighted by atomic mass is 79.9. The molecule has 0 aliphatic rings. The molecule has 0 amide bonds. The first-order valence-corrected chi connectivity index (χ1v) is 11.5. The average Bonchev–Trinajstić information content (AvgIpc) is 3.23. The van der Waals surface area contributed by atoms with E-state index in [2.05, 4.69) is 107 Å². The third-order valence-corrected chi connectivity index (χ3v) is 7.37. The molecule has 32 heavy (non-hydrogen) atoms. The molecule has 1 heterocycles. The highest BCUT2D eigenvalue weighted by Gasteiger charge is 2.15. The van der Waals surface area contributed by atoms with Gasteiger partial charge in [-0.15, -0.1) is 0 Å². The molecule has 0 spiro atoms. The van der Waals surface area contributed by atoms with Crippen molar-refractivity contribution in [2.75, 3.05) is 0 Å². The van der Waals surface area contributed by atoms with Crippen molar-refractivity contribution in [2.24, 2.45) is 0 Å². The normalized spacial score (nSPS) is 11.9. The smallest absolute Gasteiger partial charge is 0.136 e. The zero-order chi connectivity index (χ0) is 21.2. The Morgan fingerprint density at radius 1 is 0.500 bits per heavy atom. The van der Waals surface area contributed by atoms with Crippen molar-refractivity contribution < 1.29 is 4.42 Å². The van der Waals surface area contributed by atoms with E-state index in [0.717, 1.165) is 21.0 Å². The number of hydrogen-bond donors (Lipinski definition) is 0. The summed E-state index contributed by atoms with van der Waals surface area (Å²) < 4.78 is 7.31. The van der Waals surface area contributed by atoms with E-state index in [9.17, 15) is 0 Å². The first kappa shape index (κ1) is 18.0. The molecule has 7 rings (SSSR count). The van der Waals surface area contributed by atoms with Crippen LogP contribution in [-0.4, -0.2) is 0 Å². The van der Waals surface area contributed by atoms with Gasteiger partial charge >= 0.3 is 0 Å². The Hall–Kier alpha value is -3.62. The minimum Gasteiger partial charge on any atom is -0.456 e. The summed E-state index contributed by atoms with van der Waals surface area (Å²) in [7, 11) is 0. The summed E-state index contributed by atoms with van der Waals surface area (Å²) in [5.41, 5.74) is 4.35. The van der Waals surface area contributed by atoms with Gasteiger partial charge in [0.1, 0.15) is 11.2 Å². The van der Waals surface area contributed by atoms with E-state index in [0.29, 0.717) is 0 Å². The van der Waals surface area contributed by atoms with Gasteiger partial charge in [0, 0.05) is 15.2 Å². The average molecular weight is 473 g/mol. The molecule has 0 radical (unpaired) electrons. The van der Waals surface area contributed by atoms with Crippen molar-refractivity contribution in [3.8, 4) is 11.1 Å². The highest BCUT2D eigenvalue weighted by molar-refractivity contribution is 9.10. The van der Waals surface area contributed by atoms with E-state index in [1.165, 1.54) is 48.8 Å². The van der Waals surface area contributed by atoms with Gasteiger partial charge in [0.05, 0.1) is 0 Å². The number of fused-ring (bicyclic) bond motifs is 7. The summed E-state index contributed by atoms with van der Waals surface area (Å²) in [5.74, 6) is 0. The minimum absolute atomic E-state index is 0.931. The van der Waals surface area contributed by atoms with E-state index in [1.807, 2.05) is 12.1 Å². The van der Waals surface area contributed by atoms with Crippen molar-refractivity contribution in [1.29, 1.82) is 0 Å². The van der Waals surface area contributed by atoms with Gasteiger partial charge in [-0.05, 0) is 77.6 Å². The lowest BCUT2D eigenvalue weighted by Crippen LogP contribution is -1.88. The van der Waals surface area contributed by atoms with Crippen LogP contribution in [0.3, 0.4) is 0 Å². The van der Waals surface area contributed by atoms with Crippen LogP contribution in [0.25, 0.3) is 65.4 Å². The Morgan fingerprint density at radius 3 is 1.81 bits per heavy atom. The molecular weight excluding hydrogens is 456 g/mol. The van der Waals surface area contributed by atoms with Crippen LogP contribution in [-0.2, 0) is 0 Å². The first-order valence-electron chi connectivity index (χ1n) is 10.7. The van der Waals surface area contributed by atoms with E-state index in [4.69, 9.17) is 4.42 Å². The second-order valence-electron chi connectivity index (χ2n) is 8.25. The van der Waals surface area contributed by atoms with Crippen LogP contribution in [0.5, 0.6) is 0 Å². The summed E-state index contributed by atoms with van der Waals surface area (Å²) in [6.45, 7) is 0. The number of rotatable bonds is 1. The molecule has 0 saturated carbocycles. The molecule has 0 bridgehead atoms. The molecule has 0 unspecified atom stereocenters. The minimum atomic E-state index is 0.931. The Labute approximate surface area is 193 Å². The van der Waals surface area contributed by atoms with Crippen molar-refractivity contribution in [1.82, 2.24) is 0 Å². The zero-order valence-corrected chi connectivity index (χ0v) is 18.7. The molecule has 150 valence electrons. The quantitative estimate of drug-likeness (QED) is 0.217. The largest absolute Gasteiger partial charge is 0.456 e. The molecule has 0 aliphatic carbocycles. The predicted molar refractivity (Wildman–Crippen MR) is 139 cm³/mol. The van der Waals surface area contributed by atoms with Crippen molar-refractivity contribution in [3.05, 3.63) is 108 Å². The Balaban J connectivity index is 1.66. The second kappa shape index (κ2) is 6.69. The number of benzene rings is 6. The van der Waals surface area contributed by atoms with Crippen molar-refractivity contribution in [2.45, 2.75) is 0 Å². The standard InChI is InChI=1S/C30H17BrO/c31-30-22-9-3-1-7-20(22)28(21-8-2-4-10-23(21)30)19-14-13-18-15-16-27-29(25(18)17-19)24-11-5-6-12-26(24)32-27/h1-17H. The maximum atomic E-state index is 6.16. The fourth-order valence-corrected chi connectivity index (χ4v) is 5.78. The Bertz CT molecular complexity index is 1780. The van der Waals surface area contributed by atoms with Gasteiger partial charge in [0.15, 0.2) is 0 Å². The highest BCUT2D eigenvalue weighted by Crippen LogP contribution is 2.43. The number of halogens is 1. The SMILES string of the molecule is Brc1c2ccccc2c(-c2ccc3ccc4oc5ccccc5c4c3c2)c2ccccc12. The maximum absolute atomic E-state index is 6.16. The summed E-state index contributed by atoms with van der Waals surface area (Å²) in [6, 6.07) is 36.6. The fourth-order valence-electron chi connectivity index (χ4n) is 5.08. The summed E-state index contributed by atoms with van der Waals surface area (Å²) in [5, 5.41) is 9.76. The molecule has 1 nitrogen and oxygen atoms in total. The number of para-hydroxylation sites is 1. The molecular formula is C30H17BrO. The van der Waals surface area contributed by atoms with Gasteiger partial charge in [0.2, 0.25) is 0 Å². The summed E-state index contributed by atoms with van der Waals surface area (Å²) in [4.78, 5) is 0. The van der Waals surface area contributed by atoms with Crippen LogP contribution in [0.2, 0.25) is 0 Å². The molecule has 0 saturated heterocycles. The third kappa shape index (κ3) is 2.44. The van der Waals surface area contributed by atoms with Gasteiger partial charge < -0.3 is 4.42 Å². The molecule has 0 atom stereocenters. The predicted octanol–water partition coefficient (Wildman–Crippen LogP) is 9.48. The molecule has 0 N–H and O–H groups in total. The van der Waals surface area contributed by atoms with Gasteiger partial charge in [0.25, 0.3) is 0 Å². The van der Waals surface area contributed by atoms with Crippen molar-refractivity contribution >= 4 is 70.2 Å². The van der Waals surface area contributed by atoms with Crippen LogP contribution in [0.4, 0.5) is 0 Å². The van der Waals surface area contributed by atoms with Crippen LogP contribution in [0.15, 0.2) is 112 Å². The molecule has 6 aromatic carbocycles. The van der Waals surface area contributed by atoms with E-state index in [-0.39, 0.29) is 0 Å². The van der Waals surface area contributed by atoms with Gasteiger partial charge in [-0.1, -0.05) is 84.9 Å². The monoisotopic (exact) mass is 472 g/mol. The van der Waals surface area contributed by atoms with Crippen LogP contribution in [0.1, 0.15) is 0 Å². The van der Waals surface area contributed by atoms with Gasteiger partial charge in [-0.25, -0.2) is 0 Å². The molecule has 7 aromatic rings. The topological polar surface area (TPSA) is 13.1 Å². The second-order valence-corrected chi connectivity index (χ2v) is 9.05. The van der Waals surface area contributed by atoms with Crippen LogP contribution in [0, 0.1) is 0 Å². The molecule has 1 aromatic heterocycles. The lowest BCUT2D eigenvalue weighted by molar-refractivity contribution is 0.669. The van der Waals surface area contributed by atoms with Crippen LogP contribution >= 0.6 is 15.9 Å². The van der Waals surface area contributed by atoms with Crippen LogP contribution < -0.4 is 0 Å². The van der Waals surface area contributed by atoms with E-state index >= 15 is 0 Å². The van der Waals surface area contributed by atoms with Gasteiger partial charge in [-0.3, -0.25) is 0 Å². The Morgan fingerprint density at radius 2 is 1.09 bits per heavy atom. The van der Waals surface area contributed by atoms with E-state index < -0.39 is 0 Å². The fraction of sp³-hybridized carbons (Fsp3) is 0. The zero-order valence-electron chi connectivity index (χ0n) is 17.1. The van der Waals surface area contributed by atoms with Gasteiger partial charge in [-0.2, -0.15) is 0 Å². The molecule has 2 heteroatoms. The van der Waals surface area contributed by atoms with Crippen molar-refractivity contribution in [3.63, 3.8) is 0 Å². The lowest BCUT2D eigenvalue weighted by Gasteiger charge is -2.15. The first-order chi connectivity index (χ1) is 15.8. The molecule has 0 aliphatic heterocycles. The third-order valence-electron chi connectivity index (χ3n) is 6.51. The molecule has 0 fully saturated rings.